The Morgan fingerprint density at radius 2 is 1.76 bits per heavy atom. The summed E-state index contributed by atoms with van der Waals surface area (Å²) >= 11 is 1.64. The highest BCUT2D eigenvalue weighted by atomic mass is 32.1. The number of hydrogen-bond donors (Lipinski definition) is 2. The standard InChI is InChI=1S/C26H20F3N9O2S/c27-26(28,29)17-4-7-21(38-11-8-33-36-38)20(12-17)35-23(39)34-18-13-30-24(31-14-18)40-19-5-2-16(3-6-19)22-15-32-25(41-22)37-9-1-10-37/h2-8,11-15H,1,9-10H2,(H2,34,35,39). The van der Waals surface area contributed by atoms with Gasteiger partial charge in [0.2, 0.25) is 0 Å². The van der Waals surface area contributed by atoms with Crippen molar-refractivity contribution in [2.45, 2.75) is 12.6 Å². The van der Waals surface area contributed by atoms with Gasteiger partial charge in [-0.3, -0.25) is 0 Å². The number of carbonyl (C=O) groups excluding carboxylic acids is 1. The lowest BCUT2D eigenvalue weighted by atomic mass is 10.1. The van der Waals surface area contributed by atoms with Crippen LogP contribution in [0.1, 0.15) is 12.0 Å². The van der Waals surface area contributed by atoms with Gasteiger partial charge in [-0.05, 0) is 54.4 Å². The van der Waals surface area contributed by atoms with Gasteiger partial charge in [-0.15, -0.1) is 5.10 Å². The highest BCUT2D eigenvalue weighted by Gasteiger charge is 2.31. The summed E-state index contributed by atoms with van der Waals surface area (Å²) in [7, 11) is 0. The quantitative estimate of drug-likeness (QED) is 0.246. The van der Waals surface area contributed by atoms with Gasteiger partial charge in [0.25, 0.3) is 0 Å². The van der Waals surface area contributed by atoms with Crippen LogP contribution >= 0.6 is 11.3 Å². The molecule has 1 aliphatic heterocycles. The molecule has 0 unspecified atom stereocenters. The number of ether oxygens (including phenoxy) is 1. The Morgan fingerprint density at radius 1 is 0.976 bits per heavy atom. The fraction of sp³-hybridized carbons (Fsp3) is 0.154. The average molecular weight is 580 g/mol. The molecule has 6 rings (SSSR count). The summed E-state index contributed by atoms with van der Waals surface area (Å²) in [6, 6.07) is 9.57. The van der Waals surface area contributed by atoms with Gasteiger partial charge in [0, 0.05) is 19.3 Å². The first-order valence-corrected chi connectivity index (χ1v) is 13.1. The van der Waals surface area contributed by atoms with E-state index in [1.165, 1.54) is 42.0 Å². The second-order valence-corrected chi connectivity index (χ2v) is 9.89. The molecule has 15 heteroatoms. The third kappa shape index (κ3) is 5.94. The number of urea groups is 1. The van der Waals surface area contributed by atoms with Gasteiger partial charge in [0.05, 0.1) is 52.3 Å². The topological polar surface area (TPSA) is 123 Å². The maximum Gasteiger partial charge on any atom is 0.416 e. The van der Waals surface area contributed by atoms with Gasteiger partial charge >= 0.3 is 18.2 Å². The minimum atomic E-state index is -4.60. The fourth-order valence-electron chi connectivity index (χ4n) is 3.91. The van der Waals surface area contributed by atoms with Crippen LogP contribution in [0.4, 0.5) is 34.5 Å². The minimum absolute atomic E-state index is 0.0490. The number of thiazole rings is 1. The summed E-state index contributed by atoms with van der Waals surface area (Å²) in [4.78, 5) is 28.6. The summed E-state index contributed by atoms with van der Waals surface area (Å²) < 4.78 is 46.7. The summed E-state index contributed by atoms with van der Waals surface area (Å²) in [5.41, 5.74) is 0.354. The Labute approximate surface area is 234 Å². The van der Waals surface area contributed by atoms with Crippen LogP contribution in [-0.2, 0) is 6.18 Å². The zero-order valence-corrected chi connectivity index (χ0v) is 21.9. The number of benzene rings is 2. The molecule has 0 spiro atoms. The number of rotatable bonds is 7. The maximum absolute atomic E-state index is 13.3. The molecule has 5 aromatic rings. The van der Waals surface area contributed by atoms with Crippen molar-refractivity contribution in [3.05, 3.63) is 79.0 Å². The van der Waals surface area contributed by atoms with E-state index in [0.717, 1.165) is 40.8 Å². The van der Waals surface area contributed by atoms with E-state index in [1.54, 1.807) is 23.5 Å². The van der Waals surface area contributed by atoms with Gasteiger partial charge in [-0.1, -0.05) is 16.6 Å². The van der Waals surface area contributed by atoms with Crippen molar-refractivity contribution < 1.29 is 22.7 Å². The first-order valence-electron chi connectivity index (χ1n) is 12.3. The average Bonchev–Trinajstić information content (AvgIpc) is 3.62. The number of amides is 2. The molecule has 0 atom stereocenters. The summed E-state index contributed by atoms with van der Waals surface area (Å²) in [5, 5.41) is 13.4. The van der Waals surface area contributed by atoms with E-state index < -0.39 is 17.8 Å². The molecule has 0 radical (unpaired) electrons. The zero-order chi connectivity index (χ0) is 28.4. The van der Waals surface area contributed by atoms with Gasteiger partial charge in [0.15, 0.2) is 5.13 Å². The predicted octanol–water partition coefficient (Wildman–Crippen LogP) is 5.85. The lowest BCUT2D eigenvalue weighted by Crippen LogP contribution is -2.36. The van der Waals surface area contributed by atoms with E-state index in [4.69, 9.17) is 4.74 Å². The molecule has 2 N–H and O–H groups in total. The van der Waals surface area contributed by atoms with Gasteiger partial charge in [-0.2, -0.15) is 13.2 Å². The number of alkyl halides is 3. The molecule has 0 aliphatic carbocycles. The Morgan fingerprint density at radius 3 is 2.41 bits per heavy atom. The van der Waals surface area contributed by atoms with E-state index in [-0.39, 0.29) is 23.1 Å². The van der Waals surface area contributed by atoms with Crippen LogP contribution in [0.25, 0.3) is 16.1 Å². The van der Waals surface area contributed by atoms with Crippen LogP contribution in [0.5, 0.6) is 11.8 Å². The van der Waals surface area contributed by atoms with Crippen LogP contribution in [-0.4, -0.2) is 49.1 Å². The molecule has 0 saturated carbocycles. The van der Waals surface area contributed by atoms with Crippen LogP contribution in [0.3, 0.4) is 0 Å². The Bertz CT molecular complexity index is 1650. The van der Waals surface area contributed by atoms with E-state index >= 15 is 0 Å². The highest BCUT2D eigenvalue weighted by molar-refractivity contribution is 7.18. The Balaban J connectivity index is 1.09. The Kier molecular flexibility index (Phi) is 6.93. The van der Waals surface area contributed by atoms with E-state index in [1.807, 2.05) is 18.3 Å². The fourth-order valence-corrected chi connectivity index (χ4v) is 4.88. The molecular weight excluding hydrogens is 559 g/mol. The van der Waals surface area contributed by atoms with Crippen molar-refractivity contribution in [2.75, 3.05) is 28.6 Å². The summed E-state index contributed by atoms with van der Waals surface area (Å²) in [6.07, 6.45) is 3.89. The molecule has 11 nitrogen and oxygen atoms in total. The van der Waals surface area contributed by atoms with Crippen LogP contribution in [0.15, 0.2) is 73.4 Å². The third-order valence-corrected chi connectivity index (χ3v) is 7.20. The van der Waals surface area contributed by atoms with Crippen molar-refractivity contribution in [1.82, 2.24) is 29.9 Å². The van der Waals surface area contributed by atoms with Crippen molar-refractivity contribution in [2.24, 2.45) is 0 Å². The van der Waals surface area contributed by atoms with Crippen LogP contribution < -0.4 is 20.3 Å². The second-order valence-electron chi connectivity index (χ2n) is 8.88. The molecule has 1 fully saturated rings. The lowest BCUT2D eigenvalue weighted by molar-refractivity contribution is -0.137. The van der Waals surface area contributed by atoms with E-state index in [9.17, 15) is 18.0 Å². The van der Waals surface area contributed by atoms with Crippen LogP contribution in [0, 0.1) is 0 Å². The molecule has 208 valence electrons. The molecule has 0 bridgehead atoms. The van der Waals surface area contributed by atoms with E-state index in [0.29, 0.717) is 5.75 Å². The van der Waals surface area contributed by atoms with Gasteiger partial charge in [-0.25, -0.2) is 24.4 Å². The minimum Gasteiger partial charge on any atom is -0.424 e. The molecule has 3 aromatic heterocycles. The molecule has 4 heterocycles. The zero-order valence-electron chi connectivity index (χ0n) is 21.0. The number of nitrogens with zero attached hydrogens (tertiary/aromatic N) is 7. The SMILES string of the molecule is O=C(Nc1cnc(Oc2ccc(-c3cnc(N4CCC4)s3)cc2)nc1)Nc1cc(C(F)(F)F)ccc1-n1ccnn1. The van der Waals surface area contributed by atoms with Crippen molar-refractivity contribution in [3.63, 3.8) is 0 Å². The summed E-state index contributed by atoms with van der Waals surface area (Å²) in [6.45, 7) is 2.08. The first kappa shape index (κ1) is 26.2. The van der Waals surface area contributed by atoms with Crippen molar-refractivity contribution in [1.29, 1.82) is 0 Å². The molecule has 1 saturated heterocycles. The lowest BCUT2D eigenvalue weighted by Gasteiger charge is -2.30. The molecular formula is C26H20F3N9O2S. The molecule has 41 heavy (non-hydrogen) atoms. The number of anilines is 3. The number of nitrogens with one attached hydrogen (secondary N) is 2. The predicted molar refractivity (Wildman–Crippen MR) is 145 cm³/mol. The second kappa shape index (κ2) is 10.8. The molecule has 2 aromatic carbocycles. The van der Waals surface area contributed by atoms with E-state index in [2.05, 4.69) is 40.8 Å². The molecule has 1 aliphatic rings. The third-order valence-electron chi connectivity index (χ3n) is 6.10. The normalized spacial score (nSPS) is 13.0. The van der Waals surface area contributed by atoms with Crippen LogP contribution in [0.2, 0.25) is 0 Å². The molecule has 2 amide bonds. The number of carbonyl (C=O) groups is 1. The van der Waals surface area contributed by atoms with Gasteiger partial charge in [0.1, 0.15) is 5.75 Å². The number of hydrogen-bond acceptors (Lipinski definition) is 9. The highest BCUT2D eigenvalue weighted by Crippen LogP contribution is 2.35. The largest absolute Gasteiger partial charge is 0.424 e. The van der Waals surface area contributed by atoms with Crippen molar-refractivity contribution in [3.8, 4) is 27.9 Å². The monoisotopic (exact) mass is 579 g/mol. The van der Waals surface area contributed by atoms with Crippen molar-refractivity contribution >= 4 is 33.9 Å². The Hall–Kier alpha value is -5.05. The number of aromatic nitrogens is 6. The summed E-state index contributed by atoms with van der Waals surface area (Å²) in [5.74, 6) is 0.518. The van der Waals surface area contributed by atoms with Gasteiger partial charge < -0.3 is 20.3 Å². The first-order chi connectivity index (χ1) is 19.8. The number of halogens is 3. The maximum atomic E-state index is 13.3. The smallest absolute Gasteiger partial charge is 0.416 e.